The molecule has 0 saturated carbocycles. The Morgan fingerprint density at radius 1 is 1.08 bits per heavy atom. The molecule has 0 saturated heterocycles. The van der Waals surface area contributed by atoms with E-state index >= 15 is 0 Å². The zero-order chi connectivity index (χ0) is 18.9. The summed E-state index contributed by atoms with van der Waals surface area (Å²) < 4.78 is 5.27. The summed E-state index contributed by atoms with van der Waals surface area (Å²) in [4.78, 5) is 17.5. The Kier molecular flexibility index (Phi) is 4.68. The lowest BCUT2D eigenvalue weighted by atomic mass is 9.86. The van der Waals surface area contributed by atoms with Crippen molar-refractivity contribution in [2.24, 2.45) is 0 Å². The molecule has 1 heterocycles. The Morgan fingerprint density at radius 2 is 1.81 bits per heavy atom. The second kappa shape index (κ2) is 6.79. The van der Waals surface area contributed by atoms with Crippen molar-refractivity contribution in [3.63, 3.8) is 0 Å². The minimum atomic E-state index is -0.156. The normalized spacial score (nSPS) is 11.4. The number of fused-ring (bicyclic) bond motifs is 1. The van der Waals surface area contributed by atoms with Gasteiger partial charge < -0.3 is 10.1 Å². The van der Waals surface area contributed by atoms with Crippen LogP contribution in [-0.4, -0.2) is 18.0 Å². The topological polar surface area (TPSA) is 51.2 Å². The summed E-state index contributed by atoms with van der Waals surface area (Å²) in [6, 6.07) is 15.4. The Balaban J connectivity index is 1.99. The summed E-state index contributed by atoms with van der Waals surface area (Å²) in [7, 11) is 1.62. The number of para-hydroxylation sites is 1. The van der Waals surface area contributed by atoms with Gasteiger partial charge in [-0.3, -0.25) is 9.78 Å². The average molecular weight is 348 g/mol. The molecule has 3 rings (SSSR count). The fourth-order valence-electron chi connectivity index (χ4n) is 3.04. The van der Waals surface area contributed by atoms with E-state index < -0.39 is 0 Å². The van der Waals surface area contributed by atoms with Crippen LogP contribution in [0, 0.1) is 6.92 Å². The van der Waals surface area contributed by atoms with Gasteiger partial charge in [-0.05, 0) is 48.2 Å². The van der Waals surface area contributed by atoms with Crippen LogP contribution in [0.2, 0.25) is 0 Å². The minimum absolute atomic E-state index is 0.0616. The molecule has 2 aromatic carbocycles. The van der Waals surface area contributed by atoms with Crippen molar-refractivity contribution >= 4 is 22.5 Å². The van der Waals surface area contributed by atoms with Crippen LogP contribution in [-0.2, 0) is 5.41 Å². The molecule has 0 fully saturated rings. The van der Waals surface area contributed by atoms with Gasteiger partial charge in [0.05, 0.1) is 23.9 Å². The number of pyridine rings is 1. The van der Waals surface area contributed by atoms with Crippen molar-refractivity contribution in [1.82, 2.24) is 4.98 Å². The number of amides is 1. The number of nitrogens with one attached hydrogen (secondary N) is 1. The van der Waals surface area contributed by atoms with E-state index in [2.05, 4.69) is 31.1 Å². The molecule has 134 valence electrons. The van der Waals surface area contributed by atoms with Crippen LogP contribution in [0.15, 0.2) is 48.5 Å². The van der Waals surface area contributed by atoms with Crippen LogP contribution in [0.3, 0.4) is 0 Å². The van der Waals surface area contributed by atoms with Crippen molar-refractivity contribution in [3.05, 3.63) is 65.4 Å². The zero-order valence-electron chi connectivity index (χ0n) is 15.9. The van der Waals surface area contributed by atoms with Gasteiger partial charge in [-0.25, -0.2) is 0 Å². The van der Waals surface area contributed by atoms with Crippen molar-refractivity contribution < 1.29 is 9.53 Å². The van der Waals surface area contributed by atoms with Crippen molar-refractivity contribution in [2.75, 3.05) is 12.4 Å². The number of ether oxygens (including phenoxy) is 1. The third-order valence-electron chi connectivity index (χ3n) is 4.44. The quantitative estimate of drug-likeness (QED) is 0.716. The molecule has 0 radical (unpaired) electrons. The number of carbonyl (C=O) groups excluding carboxylic acids is 1. The third kappa shape index (κ3) is 3.54. The first-order valence-electron chi connectivity index (χ1n) is 8.66. The van der Waals surface area contributed by atoms with Gasteiger partial charge in [0.15, 0.2) is 0 Å². The number of hydrogen-bond acceptors (Lipinski definition) is 3. The predicted molar refractivity (Wildman–Crippen MR) is 106 cm³/mol. The second-order valence-electron chi connectivity index (χ2n) is 7.43. The molecule has 1 aromatic heterocycles. The van der Waals surface area contributed by atoms with E-state index in [4.69, 9.17) is 4.74 Å². The van der Waals surface area contributed by atoms with E-state index in [1.54, 1.807) is 7.11 Å². The summed E-state index contributed by atoms with van der Waals surface area (Å²) in [5.41, 5.74) is 3.97. The van der Waals surface area contributed by atoms with E-state index in [0.29, 0.717) is 11.3 Å². The summed E-state index contributed by atoms with van der Waals surface area (Å²) in [6.45, 7) is 8.25. The highest BCUT2D eigenvalue weighted by atomic mass is 16.5. The van der Waals surface area contributed by atoms with Crippen LogP contribution in [0.5, 0.6) is 5.75 Å². The number of hydrogen-bond donors (Lipinski definition) is 1. The van der Waals surface area contributed by atoms with Crippen LogP contribution in [0.4, 0.5) is 5.69 Å². The van der Waals surface area contributed by atoms with Gasteiger partial charge in [0.2, 0.25) is 0 Å². The van der Waals surface area contributed by atoms with E-state index in [-0.39, 0.29) is 11.3 Å². The molecule has 0 bridgehead atoms. The number of anilines is 1. The number of benzene rings is 2. The summed E-state index contributed by atoms with van der Waals surface area (Å²) in [5, 5.41) is 3.94. The maximum Gasteiger partial charge on any atom is 0.257 e. The number of carbonyl (C=O) groups is 1. The zero-order valence-corrected chi connectivity index (χ0v) is 15.9. The summed E-state index contributed by atoms with van der Waals surface area (Å²) >= 11 is 0. The van der Waals surface area contributed by atoms with Gasteiger partial charge in [-0.15, -0.1) is 0 Å². The van der Waals surface area contributed by atoms with Crippen LogP contribution >= 0.6 is 0 Å². The third-order valence-corrected chi connectivity index (χ3v) is 4.44. The fourth-order valence-corrected chi connectivity index (χ4v) is 3.04. The van der Waals surface area contributed by atoms with Gasteiger partial charge in [0.1, 0.15) is 5.75 Å². The molecule has 3 aromatic rings. The lowest BCUT2D eigenvalue weighted by molar-refractivity contribution is 0.102. The molecule has 0 atom stereocenters. The molecule has 0 unspecified atom stereocenters. The SMILES string of the molecule is COc1ccc2nc(C)c(C(=O)Nc3ccccc3C(C)(C)C)cc2c1. The highest BCUT2D eigenvalue weighted by Crippen LogP contribution is 2.30. The first-order chi connectivity index (χ1) is 12.3. The monoisotopic (exact) mass is 348 g/mol. The summed E-state index contributed by atoms with van der Waals surface area (Å²) in [5.74, 6) is 0.587. The molecule has 4 nitrogen and oxygen atoms in total. The molecule has 0 aliphatic carbocycles. The lowest BCUT2D eigenvalue weighted by Crippen LogP contribution is -2.19. The standard InChI is InChI=1S/C22H24N2O2/c1-14-17(13-15-12-16(26-5)10-11-19(15)23-14)21(25)24-20-9-7-6-8-18(20)22(2,3)4/h6-13H,1-5H3,(H,24,25). The highest BCUT2D eigenvalue weighted by molar-refractivity contribution is 6.07. The molecular formula is C22H24N2O2. The first kappa shape index (κ1) is 17.9. The Hall–Kier alpha value is -2.88. The molecule has 0 aliphatic rings. The van der Waals surface area contributed by atoms with Crippen LogP contribution in [0.25, 0.3) is 10.9 Å². The van der Waals surface area contributed by atoms with E-state index in [1.165, 1.54) is 0 Å². The number of aryl methyl sites for hydroxylation is 1. The largest absolute Gasteiger partial charge is 0.497 e. The van der Waals surface area contributed by atoms with Gasteiger partial charge in [0.25, 0.3) is 5.91 Å². The molecule has 26 heavy (non-hydrogen) atoms. The molecule has 0 aliphatic heterocycles. The molecule has 0 spiro atoms. The smallest absolute Gasteiger partial charge is 0.257 e. The second-order valence-corrected chi connectivity index (χ2v) is 7.43. The Labute approximate surface area is 154 Å². The van der Waals surface area contributed by atoms with E-state index in [1.807, 2.05) is 55.5 Å². The molecular weight excluding hydrogens is 324 g/mol. The van der Waals surface area contributed by atoms with Crippen molar-refractivity contribution in [3.8, 4) is 5.75 Å². The molecule has 1 N–H and O–H groups in total. The minimum Gasteiger partial charge on any atom is -0.497 e. The summed E-state index contributed by atoms with van der Waals surface area (Å²) in [6.07, 6.45) is 0. The van der Waals surface area contributed by atoms with Crippen LogP contribution < -0.4 is 10.1 Å². The fraction of sp³-hybridized carbons (Fsp3) is 0.273. The van der Waals surface area contributed by atoms with Gasteiger partial charge in [0, 0.05) is 11.1 Å². The number of nitrogens with zero attached hydrogens (tertiary/aromatic N) is 1. The average Bonchev–Trinajstić information content (AvgIpc) is 2.60. The Morgan fingerprint density at radius 3 is 2.50 bits per heavy atom. The van der Waals surface area contributed by atoms with Gasteiger partial charge in [-0.2, -0.15) is 0 Å². The van der Waals surface area contributed by atoms with E-state index in [9.17, 15) is 4.79 Å². The van der Waals surface area contributed by atoms with Gasteiger partial charge in [-0.1, -0.05) is 39.0 Å². The van der Waals surface area contributed by atoms with Crippen molar-refractivity contribution in [2.45, 2.75) is 33.1 Å². The number of methoxy groups -OCH3 is 1. The first-order valence-corrected chi connectivity index (χ1v) is 8.66. The lowest BCUT2D eigenvalue weighted by Gasteiger charge is -2.23. The number of aromatic nitrogens is 1. The maximum atomic E-state index is 12.9. The van der Waals surface area contributed by atoms with E-state index in [0.717, 1.165) is 27.9 Å². The highest BCUT2D eigenvalue weighted by Gasteiger charge is 2.20. The Bertz CT molecular complexity index is 972. The maximum absolute atomic E-state index is 12.9. The molecule has 4 heteroatoms. The van der Waals surface area contributed by atoms with Crippen LogP contribution in [0.1, 0.15) is 42.4 Å². The van der Waals surface area contributed by atoms with Gasteiger partial charge >= 0.3 is 0 Å². The van der Waals surface area contributed by atoms with Crippen molar-refractivity contribution in [1.29, 1.82) is 0 Å². The number of rotatable bonds is 3. The molecule has 1 amide bonds. The predicted octanol–water partition coefficient (Wildman–Crippen LogP) is 5.10.